The zero-order valence-corrected chi connectivity index (χ0v) is 13.7. The van der Waals surface area contributed by atoms with Gasteiger partial charge in [0.05, 0.1) is 4.90 Å². The Bertz CT molecular complexity index is 793. The van der Waals surface area contributed by atoms with E-state index in [-0.39, 0.29) is 17.2 Å². The van der Waals surface area contributed by atoms with Crippen LogP contribution in [0.5, 0.6) is 0 Å². The smallest absolute Gasteiger partial charge is 0.240 e. The zero-order chi connectivity index (χ0) is 16.3. The van der Waals surface area contributed by atoms with Crippen molar-refractivity contribution in [1.29, 1.82) is 0 Å². The first-order valence-corrected chi connectivity index (χ1v) is 8.45. The van der Waals surface area contributed by atoms with Gasteiger partial charge in [-0.05, 0) is 49.6 Å². The van der Waals surface area contributed by atoms with Crippen LogP contribution >= 0.6 is 0 Å². The van der Waals surface area contributed by atoms with Crippen LogP contribution in [0.25, 0.3) is 0 Å². The van der Waals surface area contributed by atoms with Crippen molar-refractivity contribution in [3.8, 4) is 0 Å². The van der Waals surface area contributed by atoms with Crippen molar-refractivity contribution in [1.82, 2.24) is 4.72 Å². The third-order valence-electron chi connectivity index (χ3n) is 3.74. The van der Waals surface area contributed by atoms with Gasteiger partial charge in [-0.1, -0.05) is 30.3 Å². The van der Waals surface area contributed by atoms with E-state index >= 15 is 0 Å². The Morgan fingerprint density at radius 3 is 2.27 bits per heavy atom. The van der Waals surface area contributed by atoms with E-state index in [4.69, 9.17) is 0 Å². The first kappa shape index (κ1) is 16.4. The second kappa shape index (κ2) is 6.42. The molecular weight excluding hydrogens is 298 g/mol. The summed E-state index contributed by atoms with van der Waals surface area (Å²) in [5.41, 5.74) is 3.65. The molecule has 0 saturated carbocycles. The van der Waals surface area contributed by atoms with Crippen molar-refractivity contribution in [3.63, 3.8) is 0 Å². The molecule has 0 aliphatic carbocycles. The lowest BCUT2D eigenvalue weighted by molar-refractivity contribution is 0.101. The van der Waals surface area contributed by atoms with Crippen molar-refractivity contribution in [2.24, 2.45) is 0 Å². The molecule has 0 aliphatic rings. The maximum Gasteiger partial charge on any atom is 0.240 e. The van der Waals surface area contributed by atoms with Crippen LogP contribution in [0.1, 0.15) is 34.0 Å². The number of hydrogen-bond acceptors (Lipinski definition) is 3. The van der Waals surface area contributed by atoms with E-state index in [9.17, 15) is 13.2 Å². The molecule has 0 aliphatic heterocycles. The van der Waals surface area contributed by atoms with Crippen LogP contribution in [0.3, 0.4) is 0 Å². The molecule has 2 aromatic carbocycles. The fourth-order valence-corrected chi connectivity index (χ4v) is 3.13. The Morgan fingerprint density at radius 2 is 1.68 bits per heavy atom. The average Bonchev–Trinajstić information content (AvgIpc) is 2.49. The van der Waals surface area contributed by atoms with Crippen LogP contribution in [0.15, 0.2) is 47.4 Å². The first-order chi connectivity index (χ1) is 10.3. The van der Waals surface area contributed by atoms with Crippen LogP contribution in [-0.2, 0) is 16.6 Å². The number of benzene rings is 2. The summed E-state index contributed by atoms with van der Waals surface area (Å²) >= 11 is 0. The summed E-state index contributed by atoms with van der Waals surface area (Å²) in [5, 5.41) is 0. The van der Waals surface area contributed by atoms with Gasteiger partial charge >= 0.3 is 0 Å². The van der Waals surface area contributed by atoms with E-state index in [1.54, 1.807) is 0 Å². The van der Waals surface area contributed by atoms with Gasteiger partial charge in [-0.3, -0.25) is 4.79 Å². The standard InChI is InChI=1S/C17H19NO3S/c1-12-5-4-6-16(13(12)2)11-18-22(20,21)17-9-7-15(8-10-17)14(3)19/h4-10,18H,11H2,1-3H3. The maximum absolute atomic E-state index is 12.3. The second-order valence-corrected chi connectivity index (χ2v) is 7.03. The van der Waals surface area contributed by atoms with E-state index in [1.165, 1.54) is 31.2 Å². The third kappa shape index (κ3) is 3.61. The SMILES string of the molecule is CC(=O)c1ccc(S(=O)(=O)NCc2cccc(C)c2C)cc1. The Kier molecular flexibility index (Phi) is 4.78. The van der Waals surface area contributed by atoms with Crippen molar-refractivity contribution < 1.29 is 13.2 Å². The zero-order valence-electron chi connectivity index (χ0n) is 12.9. The minimum atomic E-state index is -3.59. The van der Waals surface area contributed by atoms with Gasteiger partial charge in [0.25, 0.3) is 0 Å². The van der Waals surface area contributed by atoms with Gasteiger partial charge in [0, 0.05) is 12.1 Å². The van der Waals surface area contributed by atoms with Gasteiger partial charge < -0.3 is 0 Å². The molecule has 0 amide bonds. The minimum Gasteiger partial charge on any atom is -0.295 e. The van der Waals surface area contributed by atoms with Crippen LogP contribution in [0.4, 0.5) is 0 Å². The van der Waals surface area contributed by atoms with Crippen molar-refractivity contribution in [3.05, 3.63) is 64.7 Å². The minimum absolute atomic E-state index is 0.0905. The second-order valence-electron chi connectivity index (χ2n) is 5.26. The summed E-state index contributed by atoms with van der Waals surface area (Å²) in [4.78, 5) is 11.4. The molecule has 0 heterocycles. The van der Waals surface area contributed by atoms with Crippen LogP contribution in [-0.4, -0.2) is 14.2 Å². The van der Waals surface area contributed by atoms with Gasteiger partial charge in [-0.15, -0.1) is 0 Å². The molecule has 116 valence electrons. The normalized spacial score (nSPS) is 11.4. The number of aryl methyl sites for hydroxylation is 1. The highest BCUT2D eigenvalue weighted by molar-refractivity contribution is 7.89. The summed E-state index contributed by atoms with van der Waals surface area (Å²) < 4.78 is 27.2. The molecule has 0 unspecified atom stereocenters. The summed E-state index contributed by atoms with van der Waals surface area (Å²) in [7, 11) is -3.59. The summed E-state index contributed by atoms with van der Waals surface area (Å²) in [5.74, 6) is -0.0905. The van der Waals surface area contributed by atoms with Gasteiger partial charge in [-0.2, -0.15) is 0 Å². The topological polar surface area (TPSA) is 63.2 Å². The van der Waals surface area contributed by atoms with Gasteiger partial charge in [0.15, 0.2) is 5.78 Å². The van der Waals surface area contributed by atoms with E-state index in [0.717, 1.165) is 16.7 Å². The van der Waals surface area contributed by atoms with E-state index < -0.39 is 10.0 Å². The van der Waals surface area contributed by atoms with Gasteiger partial charge in [0.1, 0.15) is 0 Å². The molecule has 0 spiro atoms. The Hall–Kier alpha value is -1.98. The third-order valence-corrected chi connectivity index (χ3v) is 5.16. The lowest BCUT2D eigenvalue weighted by Crippen LogP contribution is -2.23. The molecule has 0 bridgehead atoms. The number of rotatable bonds is 5. The summed E-state index contributed by atoms with van der Waals surface area (Å²) in [6.07, 6.45) is 0. The van der Waals surface area contributed by atoms with Crippen molar-refractivity contribution in [2.75, 3.05) is 0 Å². The molecule has 0 radical (unpaired) electrons. The highest BCUT2D eigenvalue weighted by Gasteiger charge is 2.14. The molecular formula is C17H19NO3S. The highest BCUT2D eigenvalue weighted by Crippen LogP contribution is 2.15. The lowest BCUT2D eigenvalue weighted by atomic mass is 10.0. The number of Topliss-reactive ketones (excluding diaryl/α,β-unsaturated/α-hetero) is 1. The van der Waals surface area contributed by atoms with Crippen molar-refractivity contribution in [2.45, 2.75) is 32.2 Å². The van der Waals surface area contributed by atoms with E-state index in [1.807, 2.05) is 32.0 Å². The predicted octanol–water partition coefficient (Wildman–Crippen LogP) is 2.98. The Labute approximate surface area is 131 Å². The van der Waals surface area contributed by atoms with Crippen LogP contribution < -0.4 is 4.72 Å². The number of ketones is 1. The predicted molar refractivity (Wildman–Crippen MR) is 86.4 cm³/mol. The number of nitrogens with one attached hydrogen (secondary N) is 1. The fourth-order valence-electron chi connectivity index (χ4n) is 2.13. The van der Waals surface area contributed by atoms with Crippen molar-refractivity contribution >= 4 is 15.8 Å². The van der Waals surface area contributed by atoms with Crippen LogP contribution in [0, 0.1) is 13.8 Å². The molecule has 2 aromatic rings. The van der Waals surface area contributed by atoms with Crippen LogP contribution in [0.2, 0.25) is 0 Å². The summed E-state index contributed by atoms with van der Waals surface area (Å²) in [6, 6.07) is 11.7. The fraction of sp³-hybridized carbons (Fsp3) is 0.235. The van der Waals surface area contributed by atoms with E-state index in [2.05, 4.69) is 4.72 Å². The summed E-state index contributed by atoms with van der Waals surface area (Å²) in [6.45, 7) is 5.65. The molecule has 4 nitrogen and oxygen atoms in total. The molecule has 1 N–H and O–H groups in total. The number of carbonyl (C=O) groups is 1. The number of carbonyl (C=O) groups excluding carboxylic acids is 1. The number of hydrogen-bond donors (Lipinski definition) is 1. The van der Waals surface area contributed by atoms with Gasteiger partial charge in [0.2, 0.25) is 10.0 Å². The monoisotopic (exact) mass is 317 g/mol. The quantitative estimate of drug-likeness (QED) is 0.862. The maximum atomic E-state index is 12.3. The Balaban J connectivity index is 2.17. The molecule has 0 atom stereocenters. The first-order valence-electron chi connectivity index (χ1n) is 6.97. The molecule has 2 rings (SSSR count). The molecule has 0 saturated heterocycles. The average molecular weight is 317 g/mol. The molecule has 0 aromatic heterocycles. The molecule has 5 heteroatoms. The molecule has 22 heavy (non-hydrogen) atoms. The highest BCUT2D eigenvalue weighted by atomic mass is 32.2. The molecule has 0 fully saturated rings. The lowest BCUT2D eigenvalue weighted by Gasteiger charge is -2.11. The largest absolute Gasteiger partial charge is 0.295 e. The van der Waals surface area contributed by atoms with Gasteiger partial charge in [-0.25, -0.2) is 13.1 Å². The number of sulfonamides is 1. The Morgan fingerprint density at radius 1 is 1.05 bits per heavy atom. The van der Waals surface area contributed by atoms with E-state index in [0.29, 0.717) is 5.56 Å².